The normalized spacial score (nSPS) is 12.4. The van der Waals surface area contributed by atoms with Crippen molar-refractivity contribution < 1.29 is 8.78 Å². The lowest BCUT2D eigenvalue weighted by Crippen LogP contribution is -2.24. The van der Waals surface area contributed by atoms with E-state index in [1.54, 1.807) is 6.07 Å². The molecule has 0 aliphatic heterocycles. The van der Waals surface area contributed by atoms with Gasteiger partial charge in [0.2, 0.25) is 0 Å². The van der Waals surface area contributed by atoms with Crippen LogP contribution in [0.2, 0.25) is 0 Å². The molecule has 0 saturated carbocycles. The quantitative estimate of drug-likeness (QED) is 0.848. The van der Waals surface area contributed by atoms with Crippen LogP contribution in [0.15, 0.2) is 40.9 Å². The number of hydrogen-bond acceptors (Lipinski definition) is 1. The summed E-state index contributed by atoms with van der Waals surface area (Å²) >= 11 is 3.43. The number of nitrogens with one attached hydrogen (secondary N) is 1. The average molecular weight is 340 g/mol. The average Bonchev–Trinajstić information content (AvgIpc) is 2.43. The van der Waals surface area contributed by atoms with Crippen LogP contribution in [0.5, 0.6) is 0 Å². The minimum absolute atomic E-state index is 0.327. The van der Waals surface area contributed by atoms with Crippen LogP contribution in [-0.2, 0) is 0 Å². The fourth-order valence-electron chi connectivity index (χ4n) is 2.26. The molecule has 4 heteroatoms. The van der Waals surface area contributed by atoms with Crippen LogP contribution in [0, 0.1) is 18.6 Å². The molecule has 1 N–H and O–H groups in total. The molecule has 0 aromatic heterocycles. The minimum Gasteiger partial charge on any atom is -0.306 e. The number of halogens is 3. The van der Waals surface area contributed by atoms with Crippen molar-refractivity contribution in [2.45, 2.75) is 19.9 Å². The van der Waals surface area contributed by atoms with Gasteiger partial charge in [-0.05, 0) is 42.8 Å². The molecule has 0 heterocycles. The van der Waals surface area contributed by atoms with Gasteiger partial charge in [0.1, 0.15) is 0 Å². The summed E-state index contributed by atoms with van der Waals surface area (Å²) < 4.78 is 28.4. The molecular formula is C16H16BrF2N. The van der Waals surface area contributed by atoms with Gasteiger partial charge in [-0.3, -0.25) is 0 Å². The van der Waals surface area contributed by atoms with Crippen LogP contribution in [0.3, 0.4) is 0 Å². The number of benzene rings is 2. The predicted octanol–water partition coefficient (Wildman–Crippen LogP) is 4.73. The first-order valence-corrected chi connectivity index (χ1v) is 7.27. The van der Waals surface area contributed by atoms with Gasteiger partial charge >= 0.3 is 0 Å². The Bertz CT molecular complexity index is 611. The van der Waals surface area contributed by atoms with Crippen LogP contribution in [-0.4, -0.2) is 6.54 Å². The van der Waals surface area contributed by atoms with E-state index in [1.165, 1.54) is 6.07 Å². The minimum atomic E-state index is -0.821. The molecule has 106 valence electrons. The van der Waals surface area contributed by atoms with Gasteiger partial charge in [-0.15, -0.1) is 0 Å². The first-order valence-electron chi connectivity index (χ1n) is 6.48. The van der Waals surface area contributed by atoms with Crippen LogP contribution >= 0.6 is 15.9 Å². The van der Waals surface area contributed by atoms with E-state index in [2.05, 4.69) is 21.2 Å². The smallest absolute Gasteiger partial charge is 0.163 e. The highest BCUT2D eigenvalue weighted by molar-refractivity contribution is 9.10. The molecule has 2 aromatic rings. The molecule has 0 aliphatic carbocycles. The molecule has 20 heavy (non-hydrogen) atoms. The predicted molar refractivity (Wildman–Crippen MR) is 80.8 cm³/mol. The van der Waals surface area contributed by atoms with Crippen molar-refractivity contribution in [3.8, 4) is 0 Å². The van der Waals surface area contributed by atoms with Crippen LogP contribution in [0.4, 0.5) is 8.78 Å². The zero-order valence-corrected chi connectivity index (χ0v) is 13.0. The Labute approximate surface area is 126 Å². The van der Waals surface area contributed by atoms with Gasteiger partial charge in [0.25, 0.3) is 0 Å². The number of aryl methyl sites for hydroxylation is 1. The zero-order chi connectivity index (χ0) is 14.7. The number of hydrogen-bond donors (Lipinski definition) is 1. The molecule has 0 saturated heterocycles. The maximum absolute atomic E-state index is 14.1. The van der Waals surface area contributed by atoms with Crippen molar-refractivity contribution in [3.05, 3.63) is 69.2 Å². The highest BCUT2D eigenvalue weighted by atomic mass is 79.9. The van der Waals surface area contributed by atoms with Crippen molar-refractivity contribution in [3.63, 3.8) is 0 Å². The molecule has 0 radical (unpaired) electrons. The molecule has 2 aromatic carbocycles. The molecule has 1 unspecified atom stereocenters. The molecule has 1 atom stereocenters. The molecule has 0 bridgehead atoms. The summed E-state index contributed by atoms with van der Waals surface area (Å²) in [6.07, 6.45) is 0. The van der Waals surface area contributed by atoms with Crippen molar-refractivity contribution in [1.82, 2.24) is 5.32 Å². The monoisotopic (exact) mass is 339 g/mol. The second-order valence-electron chi connectivity index (χ2n) is 4.63. The van der Waals surface area contributed by atoms with Crippen molar-refractivity contribution in [2.75, 3.05) is 6.54 Å². The Morgan fingerprint density at radius 3 is 2.60 bits per heavy atom. The highest BCUT2D eigenvalue weighted by Crippen LogP contribution is 2.29. The van der Waals surface area contributed by atoms with E-state index >= 15 is 0 Å². The summed E-state index contributed by atoms with van der Waals surface area (Å²) in [4.78, 5) is 0. The molecule has 0 aliphatic rings. The van der Waals surface area contributed by atoms with E-state index in [9.17, 15) is 8.78 Å². The summed E-state index contributed by atoms with van der Waals surface area (Å²) in [5, 5.41) is 3.22. The SMILES string of the molecule is CCNC(c1cc(Br)ccc1C)c1cccc(F)c1F. The molecule has 0 spiro atoms. The molecule has 0 fully saturated rings. The van der Waals surface area contributed by atoms with Gasteiger partial charge in [0.15, 0.2) is 11.6 Å². The second kappa shape index (κ2) is 6.46. The largest absolute Gasteiger partial charge is 0.306 e. The van der Waals surface area contributed by atoms with E-state index in [1.807, 2.05) is 32.0 Å². The molecular weight excluding hydrogens is 324 g/mol. The van der Waals surface area contributed by atoms with Crippen molar-refractivity contribution in [2.24, 2.45) is 0 Å². The first-order chi connectivity index (χ1) is 9.54. The summed E-state index contributed by atoms with van der Waals surface area (Å²) in [5.41, 5.74) is 2.29. The topological polar surface area (TPSA) is 12.0 Å². The number of rotatable bonds is 4. The van der Waals surface area contributed by atoms with Gasteiger partial charge in [-0.1, -0.05) is 41.1 Å². The van der Waals surface area contributed by atoms with Crippen LogP contribution < -0.4 is 5.32 Å². The van der Waals surface area contributed by atoms with E-state index in [4.69, 9.17) is 0 Å². The lowest BCUT2D eigenvalue weighted by Gasteiger charge is -2.22. The van der Waals surface area contributed by atoms with Crippen molar-refractivity contribution in [1.29, 1.82) is 0 Å². The van der Waals surface area contributed by atoms with Gasteiger partial charge in [0.05, 0.1) is 6.04 Å². The Kier molecular flexibility index (Phi) is 4.89. The van der Waals surface area contributed by atoms with E-state index in [0.717, 1.165) is 21.7 Å². The highest BCUT2D eigenvalue weighted by Gasteiger charge is 2.20. The van der Waals surface area contributed by atoms with Gasteiger partial charge in [0, 0.05) is 10.0 Å². The van der Waals surface area contributed by atoms with Crippen molar-refractivity contribution >= 4 is 15.9 Å². The van der Waals surface area contributed by atoms with E-state index < -0.39 is 11.6 Å². The summed E-state index contributed by atoms with van der Waals surface area (Å²) in [6, 6.07) is 9.75. The van der Waals surface area contributed by atoms with Gasteiger partial charge in [-0.25, -0.2) is 8.78 Å². The van der Waals surface area contributed by atoms with E-state index in [0.29, 0.717) is 12.1 Å². The fraction of sp³-hybridized carbons (Fsp3) is 0.250. The third-order valence-corrected chi connectivity index (χ3v) is 3.75. The molecule has 2 rings (SSSR count). The van der Waals surface area contributed by atoms with Gasteiger partial charge < -0.3 is 5.32 Å². The lowest BCUT2D eigenvalue weighted by molar-refractivity contribution is 0.482. The molecule has 1 nitrogen and oxygen atoms in total. The first kappa shape index (κ1) is 15.1. The third kappa shape index (κ3) is 3.07. The fourth-order valence-corrected chi connectivity index (χ4v) is 2.64. The lowest BCUT2D eigenvalue weighted by atomic mass is 9.94. The Morgan fingerprint density at radius 1 is 1.15 bits per heavy atom. The zero-order valence-electron chi connectivity index (χ0n) is 11.4. The maximum atomic E-state index is 14.1. The molecule has 0 amide bonds. The van der Waals surface area contributed by atoms with Crippen LogP contribution in [0.1, 0.15) is 29.7 Å². The maximum Gasteiger partial charge on any atom is 0.163 e. The van der Waals surface area contributed by atoms with E-state index in [-0.39, 0.29) is 6.04 Å². The Hall–Kier alpha value is -1.26. The summed E-state index contributed by atoms with van der Waals surface area (Å²) in [6.45, 7) is 4.56. The second-order valence-corrected chi connectivity index (χ2v) is 5.55. The summed E-state index contributed by atoms with van der Waals surface area (Å²) in [7, 11) is 0. The standard InChI is InChI=1S/C16H16BrF2N/c1-3-20-16(12-5-4-6-14(18)15(12)19)13-9-11(17)8-7-10(13)2/h4-9,16,20H,3H2,1-2H3. The Balaban J connectivity index is 2.56. The van der Waals surface area contributed by atoms with Gasteiger partial charge in [-0.2, -0.15) is 0 Å². The third-order valence-electron chi connectivity index (χ3n) is 3.25. The Morgan fingerprint density at radius 2 is 1.90 bits per heavy atom. The van der Waals surface area contributed by atoms with Crippen LogP contribution in [0.25, 0.3) is 0 Å². The summed E-state index contributed by atoms with van der Waals surface area (Å²) in [5.74, 6) is -1.61.